The Kier molecular flexibility index (Phi) is 8.17. The number of H-pyrrole nitrogens is 1. The van der Waals surface area contributed by atoms with Crippen molar-refractivity contribution in [2.75, 3.05) is 49.5 Å². The van der Waals surface area contributed by atoms with Crippen molar-refractivity contribution >= 4 is 46.5 Å². The van der Waals surface area contributed by atoms with E-state index >= 15 is 0 Å². The quantitative estimate of drug-likeness (QED) is 0.223. The van der Waals surface area contributed by atoms with Crippen LogP contribution < -0.4 is 15.0 Å². The third-order valence-electron chi connectivity index (χ3n) is 6.72. The third kappa shape index (κ3) is 6.50. The van der Waals surface area contributed by atoms with Crippen molar-refractivity contribution in [3.8, 4) is 5.75 Å². The van der Waals surface area contributed by atoms with Crippen LogP contribution in [-0.2, 0) is 0 Å². The first-order valence-electron chi connectivity index (χ1n) is 13.3. The minimum atomic E-state index is -0.00671. The molecule has 3 aromatic heterocycles. The van der Waals surface area contributed by atoms with Crippen molar-refractivity contribution in [1.29, 1.82) is 0 Å². The summed E-state index contributed by atoms with van der Waals surface area (Å²) in [6.45, 7) is 15.4. The fourth-order valence-electron chi connectivity index (χ4n) is 4.42. The SMILES string of the molecule is Cc1[nH]nc(Nc2ncnc3cc(OCCN4CCN(c5ncc(C=O)cn5)CC4)c(SC(C)(C)C)cc23)c1C. The Balaban J connectivity index is 1.27. The van der Waals surface area contributed by atoms with Crippen molar-refractivity contribution in [3.05, 3.63) is 47.7 Å². The van der Waals surface area contributed by atoms with Gasteiger partial charge in [0.25, 0.3) is 0 Å². The summed E-state index contributed by atoms with van der Waals surface area (Å²) in [6.07, 6.45) is 5.45. The smallest absolute Gasteiger partial charge is 0.225 e. The second-order valence-corrected chi connectivity index (χ2v) is 12.7. The van der Waals surface area contributed by atoms with Gasteiger partial charge in [-0.05, 0) is 19.9 Å². The van der Waals surface area contributed by atoms with Crippen LogP contribution in [0.1, 0.15) is 42.4 Å². The van der Waals surface area contributed by atoms with Crippen LogP contribution in [0.15, 0.2) is 35.7 Å². The predicted molar refractivity (Wildman–Crippen MR) is 158 cm³/mol. The standard InChI is InChI=1S/C28H35N9O2S/c1-18-19(2)34-35-25(18)33-26-21-12-24(40-28(3,4)5)23(13-22(21)31-17-32-26)39-11-10-36-6-8-37(9-7-36)27-29-14-20(16-38)15-30-27/h12-17H,6-11H2,1-5H3,(H2,31,32,33,34,35). The van der Waals surface area contributed by atoms with Crippen LogP contribution in [0.25, 0.3) is 10.9 Å². The molecule has 0 atom stereocenters. The van der Waals surface area contributed by atoms with Gasteiger partial charge in [-0.15, -0.1) is 11.8 Å². The summed E-state index contributed by atoms with van der Waals surface area (Å²) in [5.74, 6) is 2.96. The molecule has 40 heavy (non-hydrogen) atoms. The molecule has 0 saturated carbocycles. The molecule has 1 saturated heterocycles. The number of aryl methyl sites for hydroxylation is 1. The molecule has 1 aliphatic heterocycles. The number of rotatable bonds is 9. The number of thioether (sulfide) groups is 1. The summed E-state index contributed by atoms with van der Waals surface area (Å²) in [6, 6.07) is 4.13. The summed E-state index contributed by atoms with van der Waals surface area (Å²) >= 11 is 1.76. The second kappa shape index (κ2) is 11.8. The highest BCUT2D eigenvalue weighted by Gasteiger charge is 2.21. The van der Waals surface area contributed by atoms with Crippen molar-refractivity contribution in [3.63, 3.8) is 0 Å². The van der Waals surface area contributed by atoms with Crippen LogP contribution in [0.2, 0.25) is 0 Å². The minimum Gasteiger partial charge on any atom is -0.491 e. The van der Waals surface area contributed by atoms with E-state index in [4.69, 9.17) is 4.74 Å². The van der Waals surface area contributed by atoms with E-state index in [-0.39, 0.29) is 4.75 Å². The van der Waals surface area contributed by atoms with Crippen LogP contribution in [0.5, 0.6) is 5.75 Å². The number of fused-ring (bicyclic) bond motifs is 1. The lowest BCUT2D eigenvalue weighted by Crippen LogP contribution is -2.48. The minimum absolute atomic E-state index is 0.00671. The van der Waals surface area contributed by atoms with Crippen LogP contribution >= 0.6 is 11.8 Å². The normalized spacial score (nSPS) is 14.5. The van der Waals surface area contributed by atoms with Crippen molar-refractivity contribution in [2.24, 2.45) is 0 Å². The number of carbonyl (C=O) groups is 1. The predicted octanol–water partition coefficient (Wildman–Crippen LogP) is 4.41. The van der Waals surface area contributed by atoms with Gasteiger partial charge >= 0.3 is 0 Å². The fourth-order valence-corrected chi connectivity index (χ4v) is 5.47. The molecule has 0 unspecified atom stereocenters. The molecule has 210 valence electrons. The zero-order valence-corrected chi connectivity index (χ0v) is 24.4. The number of hydrogen-bond donors (Lipinski definition) is 2. The summed E-state index contributed by atoms with van der Waals surface area (Å²) in [5, 5.41) is 11.7. The molecule has 1 aromatic carbocycles. The monoisotopic (exact) mass is 561 g/mol. The highest BCUT2D eigenvalue weighted by Crippen LogP contribution is 2.41. The van der Waals surface area contributed by atoms with Gasteiger partial charge in [0, 0.05) is 72.6 Å². The molecule has 5 rings (SSSR count). The average molecular weight is 562 g/mol. The highest BCUT2D eigenvalue weighted by atomic mass is 32.2. The van der Waals surface area contributed by atoms with E-state index in [0.29, 0.717) is 23.9 Å². The van der Waals surface area contributed by atoms with E-state index < -0.39 is 0 Å². The number of hydrogen-bond acceptors (Lipinski definition) is 11. The van der Waals surface area contributed by atoms with E-state index in [0.717, 1.165) is 77.6 Å². The zero-order chi connectivity index (χ0) is 28.3. The fraction of sp³-hybridized carbons (Fsp3) is 0.429. The van der Waals surface area contributed by atoms with Gasteiger partial charge in [-0.1, -0.05) is 20.8 Å². The average Bonchev–Trinajstić information content (AvgIpc) is 3.25. The van der Waals surface area contributed by atoms with Crippen molar-refractivity contribution < 1.29 is 9.53 Å². The molecule has 0 radical (unpaired) electrons. The largest absolute Gasteiger partial charge is 0.491 e. The molecule has 0 spiro atoms. The Morgan fingerprint density at radius 3 is 2.45 bits per heavy atom. The highest BCUT2D eigenvalue weighted by molar-refractivity contribution is 8.00. The first kappa shape index (κ1) is 27.8. The maximum Gasteiger partial charge on any atom is 0.225 e. The molecule has 0 amide bonds. The first-order chi connectivity index (χ1) is 19.2. The Morgan fingerprint density at radius 1 is 1.05 bits per heavy atom. The lowest BCUT2D eigenvalue weighted by molar-refractivity contribution is 0.112. The summed E-state index contributed by atoms with van der Waals surface area (Å²) in [5.41, 5.74) is 3.37. The molecule has 1 fully saturated rings. The van der Waals surface area contributed by atoms with Gasteiger partial charge in [0.2, 0.25) is 5.95 Å². The van der Waals surface area contributed by atoms with Gasteiger partial charge < -0.3 is 15.0 Å². The maximum absolute atomic E-state index is 10.9. The maximum atomic E-state index is 10.9. The van der Waals surface area contributed by atoms with E-state index in [2.05, 4.69) is 72.1 Å². The third-order valence-corrected chi connectivity index (χ3v) is 7.87. The topological polar surface area (TPSA) is 125 Å². The lowest BCUT2D eigenvalue weighted by Gasteiger charge is -2.34. The Morgan fingerprint density at radius 2 is 1.80 bits per heavy atom. The molecular formula is C28H35N9O2S. The van der Waals surface area contributed by atoms with Crippen LogP contribution in [-0.4, -0.2) is 85.4 Å². The van der Waals surface area contributed by atoms with Gasteiger partial charge in [0.1, 0.15) is 24.5 Å². The number of ether oxygens (including phenoxy) is 1. The molecule has 11 nitrogen and oxygen atoms in total. The molecule has 1 aliphatic rings. The number of aldehydes is 1. The number of piperazine rings is 1. The van der Waals surface area contributed by atoms with Gasteiger partial charge in [0.05, 0.1) is 16.0 Å². The first-order valence-corrected chi connectivity index (χ1v) is 14.2. The van der Waals surface area contributed by atoms with Gasteiger partial charge in [-0.3, -0.25) is 14.8 Å². The Hall–Kier alpha value is -3.77. The van der Waals surface area contributed by atoms with E-state index in [1.54, 1.807) is 30.5 Å². The number of aromatic nitrogens is 6. The van der Waals surface area contributed by atoms with Crippen molar-refractivity contribution in [2.45, 2.75) is 44.3 Å². The molecule has 2 N–H and O–H groups in total. The molecule has 4 heterocycles. The summed E-state index contributed by atoms with van der Waals surface area (Å²) in [4.78, 5) is 34.1. The number of nitrogens with one attached hydrogen (secondary N) is 2. The lowest BCUT2D eigenvalue weighted by atomic mass is 10.2. The molecule has 0 aliphatic carbocycles. The Labute approximate surface area is 238 Å². The number of benzene rings is 1. The summed E-state index contributed by atoms with van der Waals surface area (Å²) < 4.78 is 6.37. The zero-order valence-electron chi connectivity index (χ0n) is 23.6. The number of nitrogens with zero attached hydrogens (tertiary/aromatic N) is 7. The van der Waals surface area contributed by atoms with Crippen molar-refractivity contribution in [1.82, 2.24) is 35.0 Å². The van der Waals surface area contributed by atoms with Gasteiger partial charge in [-0.25, -0.2) is 19.9 Å². The summed E-state index contributed by atoms with van der Waals surface area (Å²) in [7, 11) is 0. The van der Waals surface area contributed by atoms with Gasteiger partial charge in [0.15, 0.2) is 12.1 Å². The molecule has 0 bridgehead atoms. The second-order valence-electron chi connectivity index (χ2n) is 10.8. The van der Waals surface area contributed by atoms with Gasteiger partial charge in [-0.2, -0.15) is 5.10 Å². The van der Waals surface area contributed by atoms with Crippen LogP contribution in [0.3, 0.4) is 0 Å². The molecular weight excluding hydrogens is 526 g/mol. The Bertz CT molecular complexity index is 1480. The molecule has 12 heteroatoms. The van der Waals surface area contributed by atoms with Crippen LogP contribution in [0.4, 0.5) is 17.6 Å². The van der Waals surface area contributed by atoms with E-state index in [9.17, 15) is 4.79 Å². The van der Waals surface area contributed by atoms with E-state index in [1.807, 2.05) is 19.9 Å². The number of carbonyl (C=O) groups excluding carboxylic acids is 1. The van der Waals surface area contributed by atoms with Crippen LogP contribution in [0, 0.1) is 13.8 Å². The molecule has 4 aromatic rings. The number of aromatic amines is 1. The number of anilines is 3. The van der Waals surface area contributed by atoms with E-state index in [1.165, 1.54) is 0 Å².